The highest BCUT2D eigenvalue weighted by Crippen LogP contribution is 2.34. The van der Waals surface area contributed by atoms with Gasteiger partial charge in [-0.15, -0.1) is 0 Å². The molecule has 0 radical (unpaired) electrons. The van der Waals surface area contributed by atoms with E-state index in [0.29, 0.717) is 18.0 Å². The maximum absolute atomic E-state index is 12.5. The second-order valence-corrected chi connectivity index (χ2v) is 8.48. The van der Waals surface area contributed by atoms with Crippen molar-refractivity contribution in [3.05, 3.63) is 54.1 Å². The molecule has 8 heteroatoms. The fraction of sp³-hybridized carbons (Fsp3) is 0.350. The third-order valence-electron chi connectivity index (χ3n) is 4.54. The van der Waals surface area contributed by atoms with E-state index < -0.39 is 16.1 Å². The number of benzene rings is 2. The smallest absolute Gasteiger partial charge is 0.263 e. The number of hydrogen-bond donors (Lipinski definition) is 1. The highest BCUT2D eigenvalue weighted by Gasteiger charge is 2.34. The maximum Gasteiger partial charge on any atom is 0.263 e. The number of rotatable bonds is 7. The van der Waals surface area contributed by atoms with Gasteiger partial charge in [-0.3, -0.25) is 9.10 Å². The minimum Gasteiger partial charge on any atom is -0.496 e. The second-order valence-electron chi connectivity index (χ2n) is 6.57. The zero-order valence-corrected chi connectivity index (χ0v) is 16.7. The minimum atomic E-state index is -3.52. The first-order valence-corrected chi connectivity index (χ1v) is 10.9. The van der Waals surface area contributed by atoms with E-state index in [1.54, 1.807) is 31.4 Å². The van der Waals surface area contributed by atoms with Gasteiger partial charge in [-0.1, -0.05) is 30.3 Å². The molecule has 1 aliphatic heterocycles. The van der Waals surface area contributed by atoms with Gasteiger partial charge in [0.15, 0.2) is 6.10 Å². The Hall–Kier alpha value is -2.74. The molecule has 150 valence electrons. The van der Waals surface area contributed by atoms with Crippen LogP contribution >= 0.6 is 0 Å². The molecule has 0 unspecified atom stereocenters. The van der Waals surface area contributed by atoms with E-state index in [-0.39, 0.29) is 12.5 Å². The summed E-state index contributed by atoms with van der Waals surface area (Å²) in [6.45, 7) is 0.408. The molecule has 1 heterocycles. The summed E-state index contributed by atoms with van der Waals surface area (Å²) in [6.07, 6.45) is 1.72. The maximum atomic E-state index is 12.5. The van der Waals surface area contributed by atoms with E-state index in [1.807, 2.05) is 24.3 Å². The summed E-state index contributed by atoms with van der Waals surface area (Å²) >= 11 is 0. The third-order valence-corrected chi connectivity index (χ3v) is 5.69. The summed E-state index contributed by atoms with van der Waals surface area (Å²) in [5.74, 6) is 0.876. The van der Waals surface area contributed by atoms with Gasteiger partial charge < -0.3 is 14.8 Å². The van der Waals surface area contributed by atoms with Gasteiger partial charge in [-0.2, -0.15) is 0 Å². The summed E-state index contributed by atoms with van der Waals surface area (Å²) < 4.78 is 36.5. The van der Waals surface area contributed by atoms with E-state index in [2.05, 4.69) is 5.32 Å². The Labute approximate surface area is 165 Å². The molecule has 1 N–H and O–H groups in total. The Morgan fingerprint density at radius 1 is 1.21 bits per heavy atom. The van der Waals surface area contributed by atoms with Gasteiger partial charge in [-0.05, 0) is 36.6 Å². The number of anilines is 1. The van der Waals surface area contributed by atoms with Crippen LogP contribution in [-0.4, -0.2) is 46.9 Å². The number of nitrogens with zero attached hydrogens (tertiary/aromatic N) is 1. The van der Waals surface area contributed by atoms with Crippen LogP contribution < -0.4 is 19.1 Å². The zero-order chi connectivity index (χ0) is 20.1. The van der Waals surface area contributed by atoms with E-state index in [1.165, 1.54) is 4.31 Å². The first-order valence-electron chi connectivity index (χ1n) is 9.03. The van der Waals surface area contributed by atoms with Gasteiger partial charge in [0.05, 0.1) is 25.6 Å². The largest absolute Gasteiger partial charge is 0.496 e. The number of hydrogen-bond acceptors (Lipinski definition) is 5. The molecule has 1 aliphatic rings. The van der Waals surface area contributed by atoms with Crippen LogP contribution in [0.5, 0.6) is 11.5 Å². The summed E-state index contributed by atoms with van der Waals surface area (Å²) in [5, 5.41) is 2.84. The normalized spacial score (nSPS) is 16.1. The van der Waals surface area contributed by atoms with Crippen LogP contribution in [0.1, 0.15) is 12.0 Å². The molecule has 0 aromatic heterocycles. The summed E-state index contributed by atoms with van der Waals surface area (Å²) in [6, 6.07) is 14.6. The third kappa shape index (κ3) is 4.56. The van der Waals surface area contributed by atoms with Crippen molar-refractivity contribution in [2.75, 3.05) is 30.8 Å². The predicted molar refractivity (Wildman–Crippen MR) is 107 cm³/mol. The first kappa shape index (κ1) is 20.0. The molecule has 0 bridgehead atoms. The van der Waals surface area contributed by atoms with Crippen molar-refractivity contribution in [1.82, 2.24) is 5.32 Å². The van der Waals surface area contributed by atoms with Crippen molar-refractivity contribution in [3.63, 3.8) is 0 Å². The SMILES string of the molecule is COc1ccccc1CCCNC(=O)[C@H]1CN(S(C)(=O)=O)c2ccccc2O1. The van der Waals surface area contributed by atoms with Crippen LogP contribution in [0, 0.1) is 0 Å². The van der Waals surface area contributed by atoms with Crippen molar-refractivity contribution in [1.29, 1.82) is 0 Å². The molecular weight excluding hydrogens is 380 g/mol. The Morgan fingerprint density at radius 2 is 1.93 bits per heavy atom. The van der Waals surface area contributed by atoms with Crippen molar-refractivity contribution >= 4 is 21.6 Å². The molecule has 1 amide bonds. The number of sulfonamides is 1. The van der Waals surface area contributed by atoms with Gasteiger partial charge in [-0.25, -0.2) is 8.42 Å². The molecular formula is C20H24N2O5S. The monoisotopic (exact) mass is 404 g/mol. The molecule has 0 saturated carbocycles. The predicted octanol–water partition coefficient (Wildman–Crippen LogP) is 1.97. The van der Waals surface area contributed by atoms with Crippen LogP contribution in [0.2, 0.25) is 0 Å². The van der Waals surface area contributed by atoms with E-state index in [9.17, 15) is 13.2 Å². The number of fused-ring (bicyclic) bond motifs is 1. The highest BCUT2D eigenvalue weighted by atomic mass is 32.2. The number of carbonyl (C=O) groups is 1. The molecule has 2 aromatic rings. The topological polar surface area (TPSA) is 84.9 Å². The number of nitrogens with one attached hydrogen (secondary N) is 1. The van der Waals surface area contributed by atoms with Crippen molar-refractivity contribution in [3.8, 4) is 11.5 Å². The lowest BCUT2D eigenvalue weighted by atomic mass is 10.1. The average Bonchev–Trinajstić information content (AvgIpc) is 2.69. The number of ether oxygens (including phenoxy) is 2. The van der Waals surface area contributed by atoms with E-state index in [4.69, 9.17) is 9.47 Å². The van der Waals surface area contributed by atoms with Crippen molar-refractivity contribution < 1.29 is 22.7 Å². The lowest BCUT2D eigenvalue weighted by molar-refractivity contribution is -0.127. The Kier molecular flexibility index (Phi) is 6.08. The lowest BCUT2D eigenvalue weighted by Gasteiger charge is -2.33. The fourth-order valence-corrected chi connectivity index (χ4v) is 4.08. The van der Waals surface area contributed by atoms with Gasteiger partial charge in [0.25, 0.3) is 5.91 Å². The molecule has 3 rings (SSSR count). The summed E-state index contributed by atoms with van der Waals surface area (Å²) in [5.41, 5.74) is 1.52. The van der Waals surface area contributed by atoms with Gasteiger partial charge in [0.1, 0.15) is 11.5 Å². The first-order chi connectivity index (χ1) is 13.4. The molecule has 28 heavy (non-hydrogen) atoms. The quantitative estimate of drug-likeness (QED) is 0.713. The Bertz CT molecular complexity index is 945. The summed E-state index contributed by atoms with van der Waals surface area (Å²) in [4.78, 5) is 12.5. The molecule has 7 nitrogen and oxygen atoms in total. The van der Waals surface area contributed by atoms with E-state index in [0.717, 1.165) is 30.4 Å². The molecule has 0 saturated heterocycles. The van der Waals surface area contributed by atoms with Crippen molar-refractivity contribution in [2.24, 2.45) is 0 Å². The number of para-hydroxylation sites is 3. The van der Waals surface area contributed by atoms with Gasteiger partial charge >= 0.3 is 0 Å². The van der Waals surface area contributed by atoms with Gasteiger partial charge in [0, 0.05) is 6.54 Å². The molecule has 2 aromatic carbocycles. The second kappa shape index (κ2) is 8.52. The molecule has 1 atom stereocenters. The Balaban J connectivity index is 1.59. The van der Waals surface area contributed by atoms with Crippen LogP contribution in [0.3, 0.4) is 0 Å². The Morgan fingerprint density at radius 3 is 2.68 bits per heavy atom. The molecule has 0 spiro atoms. The number of methoxy groups -OCH3 is 1. The number of amides is 1. The highest BCUT2D eigenvalue weighted by molar-refractivity contribution is 7.92. The molecule has 0 aliphatic carbocycles. The fourth-order valence-electron chi connectivity index (χ4n) is 3.17. The standard InChI is InChI=1S/C20H24N2O5S/c1-26-17-11-5-3-8-15(17)9-7-13-21-20(23)19-14-22(28(2,24)25)16-10-4-6-12-18(16)27-19/h3-6,8,10-12,19H,7,9,13-14H2,1-2H3,(H,21,23)/t19-/m1/s1. The van der Waals surface area contributed by atoms with Crippen LogP contribution in [0.15, 0.2) is 48.5 Å². The lowest BCUT2D eigenvalue weighted by Crippen LogP contribution is -2.50. The van der Waals surface area contributed by atoms with Gasteiger partial charge in [0.2, 0.25) is 10.0 Å². The van der Waals surface area contributed by atoms with Crippen LogP contribution in [0.4, 0.5) is 5.69 Å². The van der Waals surface area contributed by atoms with Crippen LogP contribution in [-0.2, 0) is 21.2 Å². The minimum absolute atomic E-state index is 0.0474. The number of carbonyl (C=O) groups excluding carboxylic acids is 1. The van der Waals surface area contributed by atoms with Crippen molar-refractivity contribution in [2.45, 2.75) is 18.9 Å². The zero-order valence-electron chi connectivity index (χ0n) is 15.9. The van der Waals surface area contributed by atoms with Crippen LogP contribution in [0.25, 0.3) is 0 Å². The number of aryl methyl sites for hydroxylation is 1. The van der Waals surface area contributed by atoms with E-state index >= 15 is 0 Å². The molecule has 0 fully saturated rings. The average molecular weight is 404 g/mol. The summed E-state index contributed by atoms with van der Waals surface area (Å²) in [7, 11) is -1.88.